The molecule has 0 N–H and O–H groups in total. The Morgan fingerprint density at radius 3 is 1.52 bits per heavy atom. The van der Waals surface area contributed by atoms with Gasteiger partial charge in [0.05, 0.1) is 5.41 Å². The van der Waals surface area contributed by atoms with Gasteiger partial charge in [-0.2, -0.15) is 0 Å². The summed E-state index contributed by atoms with van der Waals surface area (Å²) < 4.78 is 7.10. The van der Waals surface area contributed by atoms with Gasteiger partial charge in [0.1, 0.15) is 11.5 Å². The van der Waals surface area contributed by atoms with Crippen molar-refractivity contribution in [2.45, 2.75) is 32.1 Å². The number of hydrogen-bond donors (Lipinski definition) is 0. The number of ether oxygens (including phenoxy) is 1. The zero-order valence-corrected chi connectivity index (χ0v) is 33.6. The summed E-state index contributed by atoms with van der Waals surface area (Å²) >= 11 is 0. The van der Waals surface area contributed by atoms with E-state index in [1.807, 2.05) is 24.3 Å². The van der Waals surface area contributed by atoms with Crippen LogP contribution in [-0.2, 0) is 18.3 Å². The summed E-state index contributed by atoms with van der Waals surface area (Å²) in [6, 6.07) is 66.9. The number of aryl methyl sites for hydroxylation is 1. The number of hydrogen-bond acceptors (Lipinski definition) is 4. The van der Waals surface area contributed by atoms with Gasteiger partial charge < -0.3 is 4.74 Å². The van der Waals surface area contributed by atoms with E-state index in [0.717, 1.165) is 57.7 Å². The van der Waals surface area contributed by atoms with Gasteiger partial charge in [-0.25, -0.2) is 15.0 Å². The maximum Gasteiger partial charge on any atom is 0.164 e. The van der Waals surface area contributed by atoms with E-state index >= 15 is 0 Å². The first-order valence-corrected chi connectivity index (χ1v) is 20.9. The molecule has 0 amide bonds. The summed E-state index contributed by atoms with van der Waals surface area (Å²) in [6.45, 7) is 4.47. The molecule has 0 fully saturated rings. The van der Waals surface area contributed by atoms with E-state index in [-0.39, 0.29) is 0 Å². The van der Waals surface area contributed by atoms with Gasteiger partial charge in [0.2, 0.25) is 0 Å². The molecular formula is C56H41N3O. The topological polar surface area (TPSA) is 47.9 Å². The number of benzene rings is 8. The maximum atomic E-state index is 7.10. The normalized spacial score (nSPS) is 12.9. The number of para-hydroxylation sites is 1. The molecule has 0 unspecified atom stereocenters. The second-order valence-electron chi connectivity index (χ2n) is 15.6. The second-order valence-corrected chi connectivity index (χ2v) is 15.6. The van der Waals surface area contributed by atoms with Crippen molar-refractivity contribution in [2.24, 2.45) is 0 Å². The Morgan fingerprint density at radius 2 is 0.883 bits per heavy atom. The van der Waals surface area contributed by atoms with Gasteiger partial charge in [-0.15, -0.1) is 0 Å². The predicted molar refractivity (Wildman–Crippen MR) is 243 cm³/mol. The zero-order valence-electron chi connectivity index (χ0n) is 33.6. The summed E-state index contributed by atoms with van der Waals surface area (Å²) in [7, 11) is 0. The van der Waals surface area contributed by atoms with Crippen molar-refractivity contribution in [2.75, 3.05) is 0 Å². The van der Waals surface area contributed by atoms with Crippen molar-refractivity contribution < 1.29 is 4.74 Å². The molecule has 4 heteroatoms. The largest absolute Gasteiger partial charge is 0.456 e. The van der Waals surface area contributed by atoms with Crippen LogP contribution in [-0.4, -0.2) is 15.0 Å². The first kappa shape index (κ1) is 35.7. The molecule has 11 rings (SSSR count). The summed E-state index contributed by atoms with van der Waals surface area (Å²) in [5.41, 5.74) is 16.9. The molecule has 0 radical (unpaired) electrons. The van der Waals surface area contributed by atoms with E-state index < -0.39 is 5.41 Å². The molecule has 1 aromatic heterocycles. The molecule has 286 valence electrons. The Morgan fingerprint density at radius 1 is 0.383 bits per heavy atom. The Hall–Kier alpha value is -7.43. The van der Waals surface area contributed by atoms with E-state index in [1.54, 1.807) is 0 Å². The van der Waals surface area contributed by atoms with Crippen LogP contribution in [0.2, 0.25) is 0 Å². The minimum absolute atomic E-state index is 0.510. The zero-order chi connectivity index (χ0) is 40.2. The lowest BCUT2D eigenvalue weighted by molar-refractivity contribution is 0.431. The van der Waals surface area contributed by atoms with E-state index in [0.29, 0.717) is 17.5 Å². The van der Waals surface area contributed by atoms with Crippen LogP contribution >= 0.6 is 0 Å². The summed E-state index contributed by atoms with van der Waals surface area (Å²) in [5.74, 6) is 3.75. The molecule has 2 heterocycles. The second kappa shape index (κ2) is 14.4. The molecule has 1 spiro atoms. The molecule has 0 atom stereocenters. The monoisotopic (exact) mass is 771 g/mol. The molecular weight excluding hydrogens is 731 g/mol. The average molecular weight is 772 g/mol. The Kier molecular flexibility index (Phi) is 8.59. The highest BCUT2D eigenvalue weighted by atomic mass is 16.5. The first-order valence-electron chi connectivity index (χ1n) is 20.9. The van der Waals surface area contributed by atoms with Crippen molar-refractivity contribution in [3.05, 3.63) is 221 Å². The van der Waals surface area contributed by atoms with E-state index in [2.05, 4.69) is 178 Å². The van der Waals surface area contributed by atoms with Crippen LogP contribution in [0, 0.1) is 0 Å². The van der Waals surface area contributed by atoms with Crippen molar-refractivity contribution in [1.82, 2.24) is 15.0 Å². The first-order chi connectivity index (χ1) is 29.6. The lowest BCUT2D eigenvalue weighted by atomic mass is 9.65. The number of fused-ring (bicyclic) bond motifs is 9. The SMILES string of the molecule is CCc1ccc(-c2nc(-c3ccccc3)nc(-c3ccc(-c4ccccc4)cc3)n2)cc1-c1ccc2c(c1CC)Oc1ccccc1C21c2ccccc2-c2ccccc21. The maximum absolute atomic E-state index is 7.10. The minimum atomic E-state index is -0.510. The highest BCUT2D eigenvalue weighted by Crippen LogP contribution is 2.63. The molecule has 0 saturated carbocycles. The van der Waals surface area contributed by atoms with E-state index in [4.69, 9.17) is 19.7 Å². The third kappa shape index (κ3) is 5.55. The van der Waals surface area contributed by atoms with Gasteiger partial charge in [-0.05, 0) is 75.0 Å². The predicted octanol–water partition coefficient (Wildman–Crippen LogP) is 13.8. The smallest absolute Gasteiger partial charge is 0.164 e. The van der Waals surface area contributed by atoms with Gasteiger partial charge in [-0.1, -0.05) is 190 Å². The van der Waals surface area contributed by atoms with Crippen molar-refractivity contribution in [3.63, 3.8) is 0 Å². The molecule has 60 heavy (non-hydrogen) atoms. The van der Waals surface area contributed by atoms with Gasteiger partial charge >= 0.3 is 0 Å². The highest BCUT2D eigenvalue weighted by molar-refractivity contribution is 5.90. The quantitative estimate of drug-likeness (QED) is 0.162. The fourth-order valence-electron chi connectivity index (χ4n) is 9.65. The molecule has 1 aliphatic carbocycles. The van der Waals surface area contributed by atoms with Gasteiger partial charge in [-0.3, -0.25) is 0 Å². The van der Waals surface area contributed by atoms with Crippen LogP contribution in [0.1, 0.15) is 47.2 Å². The van der Waals surface area contributed by atoms with Crippen molar-refractivity contribution in [1.29, 1.82) is 0 Å². The third-order valence-corrected chi connectivity index (χ3v) is 12.4. The third-order valence-electron chi connectivity index (χ3n) is 12.4. The van der Waals surface area contributed by atoms with E-state index in [1.165, 1.54) is 50.1 Å². The lowest BCUT2D eigenvalue weighted by Crippen LogP contribution is -2.32. The summed E-state index contributed by atoms with van der Waals surface area (Å²) in [6.07, 6.45) is 1.66. The number of rotatable bonds is 7. The van der Waals surface area contributed by atoms with Crippen LogP contribution < -0.4 is 4.74 Å². The standard InChI is InChI=1S/C56H41N3O/c1-3-36-27-32-41(55-58-53(39-19-9-6-10-20-39)57-54(59-55)40-30-28-38(29-31-40)37-17-7-5-8-18-37)35-46(36)43-33-34-50-52(42(43)4-2)60-51-26-16-15-25-49(51)56(50)47-23-13-11-21-44(47)45-22-12-14-24-48(45)56/h5-35H,3-4H2,1-2H3. The van der Waals surface area contributed by atoms with Crippen molar-refractivity contribution >= 4 is 0 Å². The van der Waals surface area contributed by atoms with Crippen LogP contribution in [0.5, 0.6) is 11.5 Å². The lowest BCUT2D eigenvalue weighted by Gasteiger charge is -2.40. The van der Waals surface area contributed by atoms with Crippen LogP contribution in [0.15, 0.2) is 188 Å². The molecule has 9 aromatic rings. The highest BCUT2D eigenvalue weighted by Gasteiger charge is 2.51. The molecule has 2 aliphatic rings. The van der Waals surface area contributed by atoms with Gasteiger partial charge in [0.15, 0.2) is 17.5 Å². The Balaban J connectivity index is 1.08. The molecule has 0 saturated heterocycles. The molecule has 1 aliphatic heterocycles. The number of nitrogens with zero attached hydrogens (tertiary/aromatic N) is 3. The van der Waals surface area contributed by atoms with Crippen LogP contribution in [0.25, 0.3) is 67.5 Å². The number of aromatic nitrogens is 3. The Bertz CT molecular complexity index is 3040. The summed E-state index contributed by atoms with van der Waals surface area (Å²) in [5, 5.41) is 0. The van der Waals surface area contributed by atoms with Crippen LogP contribution in [0.3, 0.4) is 0 Å². The fourth-order valence-corrected chi connectivity index (χ4v) is 9.65. The molecule has 0 bridgehead atoms. The minimum Gasteiger partial charge on any atom is -0.456 e. The van der Waals surface area contributed by atoms with Crippen LogP contribution in [0.4, 0.5) is 0 Å². The van der Waals surface area contributed by atoms with E-state index in [9.17, 15) is 0 Å². The van der Waals surface area contributed by atoms with Crippen molar-refractivity contribution in [3.8, 4) is 79.0 Å². The van der Waals surface area contributed by atoms with Gasteiger partial charge in [0.25, 0.3) is 0 Å². The summed E-state index contributed by atoms with van der Waals surface area (Å²) in [4.78, 5) is 15.3. The molecule has 8 aromatic carbocycles. The average Bonchev–Trinajstić information content (AvgIpc) is 3.62. The molecule has 4 nitrogen and oxygen atoms in total. The fraction of sp³-hybridized carbons (Fsp3) is 0.0893. The van der Waals surface area contributed by atoms with Gasteiger partial charge in [0, 0.05) is 33.4 Å². The Labute approximate surface area is 350 Å².